The predicted molar refractivity (Wildman–Crippen MR) is 69.9 cm³/mol. The molecule has 1 aromatic carbocycles. The summed E-state index contributed by atoms with van der Waals surface area (Å²) in [6.45, 7) is 2.26. The van der Waals surface area contributed by atoms with Crippen molar-refractivity contribution in [1.29, 1.82) is 0 Å². The van der Waals surface area contributed by atoms with E-state index >= 15 is 0 Å². The van der Waals surface area contributed by atoms with E-state index in [1.807, 2.05) is 18.2 Å². The van der Waals surface area contributed by atoms with Gasteiger partial charge in [0.1, 0.15) is 11.5 Å². The molecule has 2 aromatic rings. The first kappa shape index (κ1) is 12.2. The number of benzene rings is 1. The highest BCUT2D eigenvalue weighted by Gasteiger charge is 2.06. The van der Waals surface area contributed by atoms with Gasteiger partial charge in [-0.2, -0.15) is 11.8 Å². The van der Waals surface area contributed by atoms with Crippen LogP contribution in [0.2, 0.25) is 0 Å². The molecule has 0 bridgehead atoms. The lowest BCUT2D eigenvalue weighted by molar-refractivity contribution is 0.322. The summed E-state index contributed by atoms with van der Waals surface area (Å²) in [6.07, 6.45) is 0. The summed E-state index contributed by atoms with van der Waals surface area (Å²) in [7, 11) is 0. The number of hydrogen-bond acceptors (Lipinski definition) is 4. The fourth-order valence-electron chi connectivity index (χ4n) is 1.48. The van der Waals surface area contributed by atoms with Crippen LogP contribution in [0, 0.1) is 6.92 Å². The van der Waals surface area contributed by atoms with E-state index in [0.29, 0.717) is 0 Å². The molecule has 3 nitrogen and oxygen atoms in total. The van der Waals surface area contributed by atoms with E-state index < -0.39 is 0 Å². The fraction of sp³-hybridized carbons (Fsp3) is 0.308. The van der Waals surface area contributed by atoms with Crippen molar-refractivity contribution >= 4 is 11.8 Å². The van der Waals surface area contributed by atoms with Gasteiger partial charge in [0.25, 0.3) is 0 Å². The van der Waals surface area contributed by atoms with E-state index in [2.05, 4.69) is 24.2 Å². The average Bonchev–Trinajstić information content (AvgIpc) is 2.79. The third-order valence-corrected chi connectivity index (χ3v) is 3.35. The zero-order valence-corrected chi connectivity index (χ0v) is 10.5. The fourth-order valence-corrected chi connectivity index (χ4v) is 2.09. The topological polar surface area (TPSA) is 46.3 Å². The molecule has 2 rings (SSSR count). The standard InChI is InChI=1S/C13H15NO2S/c1-10-2-4-11(5-3-10)13-8-12(16-14-13)9-17-7-6-15/h2-5,8,15H,6-7,9H2,1H3. The van der Waals surface area contributed by atoms with Gasteiger partial charge in [-0.05, 0) is 6.92 Å². The number of aliphatic hydroxyl groups excluding tert-OH is 1. The second-order valence-electron chi connectivity index (χ2n) is 3.82. The van der Waals surface area contributed by atoms with Crippen molar-refractivity contribution in [3.8, 4) is 11.3 Å². The first-order valence-corrected chi connectivity index (χ1v) is 6.66. The van der Waals surface area contributed by atoms with Crippen LogP contribution in [-0.2, 0) is 5.75 Å². The monoisotopic (exact) mass is 249 g/mol. The SMILES string of the molecule is Cc1ccc(-c2cc(CSCCO)on2)cc1. The van der Waals surface area contributed by atoms with E-state index in [4.69, 9.17) is 9.63 Å². The largest absolute Gasteiger partial charge is 0.396 e. The summed E-state index contributed by atoms with van der Waals surface area (Å²) in [6, 6.07) is 10.2. The van der Waals surface area contributed by atoms with Gasteiger partial charge in [-0.15, -0.1) is 0 Å². The third-order valence-electron chi connectivity index (χ3n) is 2.39. The number of thioether (sulfide) groups is 1. The Balaban J connectivity index is 2.04. The van der Waals surface area contributed by atoms with Gasteiger partial charge < -0.3 is 9.63 Å². The Hall–Kier alpha value is -1.26. The maximum Gasteiger partial charge on any atom is 0.147 e. The summed E-state index contributed by atoms with van der Waals surface area (Å²) >= 11 is 1.63. The van der Waals surface area contributed by atoms with Gasteiger partial charge in [-0.3, -0.25) is 0 Å². The number of nitrogens with zero attached hydrogens (tertiary/aromatic N) is 1. The Bertz CT molecular complexity index is 465. The van der Waals surface area contributed by atoms with Gasteiger partial charge in [-0.25, -0.2) is 0 Å². The summed E-state index contributed by atoms with van der Waals surface area (Å²) in [4.78, 5) is 0. The van der Waals surface area contributed by atoms with Crippen LogP contribution >= 0.6 is 11.8 Å². The molecule has 0 aliphatic rings. The molecule has 4 heteroatoms. The molecule has 0 saturated heterocycles. The number of aliphatic hydroxyl groups is 1. The summed E-state index contributed by atoms with van der Waals surface area (Å²) in [5.41, 5.74) is 3.17. The molecular formula is C13H15NO2S. The zero-order valence-electron chi connectivity index (χ0n) is 9.72. The molecule has 0 spiro atoms. The van der Waals surface area contributed by atoms with Crippen molar-refractivity contribution in [2.24, 2.45) is 0 Å². The molecule has 0 aliphatic carbocycles. The first-order valence-electron chi connectivity index (χ1n) is 5.51. The molecule has 0 saturated carbocycles. The van der Waals surface area contributed by atoms with Crippen LogP contribution in [0.5, 0.6) is 0 Å². The molecule has 90 valence electrons. The van der Waals surface area contributed by atoms with E-state index in [-0.39, 0.29) is 6.61 Å². The minimum Gasteiger partial charge on any atom is -0.396 e. The highest BCUT2D eigenvalue weighted by molar-refractivity contribution is 7.98. The molecule has 1 N–H and O–H groups in total. The number of aryl methyl sites for hydroxylation is 1. The normalized spacial score (nSPS) is 10.7. The van der Waals surface area contributed by atoms with Crippen molar-refractivity contribution in [2.45, 2.75) is 12.7 Å². The Morgan fingerprint density at radius 2 is 2.06 bits per heavy atom. The number of rotatable bonds is 5. The van der Waals surface area contributed by atoms with Crippen LogP contribution < -0.4 is 0 Å². The second kappa shape index (κ2) is 5.89. The highest BCUT2D eigenvalue weighted by Crippen LogP contribution is 2.21. The Morgan fingerprint density at radius 3 is 2.76 bits per heavy atom. The molecular weight excluding hydrogens is 234 g/mol. The van der Waals surface area contributed by atoms with Crippen molar-refractivity contribution in [2.75, 3.05) is 12.4 Å². The maximum absolute atomic E-state index is 8.69. The van der Waals surface area contributed by atoms with Gasteiger partial charge in [0.15, 0.2) is 0 Å². The second-order valence-corrected chi connectivity index (χ2v) is 4.93. The molecule has 0 radical (unpaired) electrons. The van der Waals surface area contributed by atoms with Crippen molar-refractivity contribution in [3.05, 3.63) is 41.7 Å². The van der Waals surface area contributed by atoms with Crippen LogP contribution in [0.4, 0.5) is 0 Å². The molecule has 0 unspecified atom stereocenters. The van der Waals surface area contributed by atoms with E-state index in [1.54, 1.807) is 11.8 Å². The highest BCUT2D eigenvalue weighted by atomic mass is 32.2. The van der Waals surface area contributed by atoms with Crippen LogP contribution in [0.1, 0.15) is 11.3 Å². The lowest BCUT2D eigenvalue weighted by Gasteiger charge is -1.95. The van der Waals surface area contributed by atoms with E-state index in [0.717, 1.165) is 28.5 Å². The molecule has 0 fully saturated rings. The zero-order chi connectivity index (χ0) is 12.1. The van der Waals surface area contributed by atoms with Crippen LogP contribution in [0.3, 0.4) is 0 Å². The van der Waals surface area contributed by atoms with E-state index in [1.165, 1.54) is 5.56 Å². The molecule has 0 amide bonds. The van der Waals surface area contributed by atoms with Gasteiger partial charge in [0.05, 0.1) is 12.4 Å². The molecule has 1 aromatic heterocycles. The Labute approximate surface area is 105 Å². The summed E-state index contributed by atoms with van der Waals surface area (Å²) in [5, 5.41) is 12.7. The summed E-state index contributed by atoms with van der Waals surface area (Å²) < 4.78 is 5.24. The Kier molecular flexibility index (Phi) is 4.23. The van der Waals surface area contributed by atoms with Crippen molar-refractivity contribution in [3.63, 3.8) is 0 Å². The lowest BCUT2D eigenvalue weighted by Crippen LogP contribution is -1.86. The average molecular weight is 249 g/mol. The third kappa shape index (κ3) is 3.35. The van der Waals surface area contributed by atoms with Crippen molar-refractivity contribution in [1.82, 2.24) is 5.16 Å². The van der Waals surface area contributed by atoms with Crippen LogP contribution in [-0.4, -0.2) is 22.6 Å². The first-order chi connectivity index (χ1) is 8.29. The summed E-state index contributed by atoms with van der Waals surface area (Å²) in [5.74, 6) is 2.32. The minimum atomic E-state index is 0.198. The molecule has 1 heterocycles. The lowest BCUT2D eigenvalue weighted by atomic mass is 10.1. The molecule has 0 atom stereocenters. The van der Waals surface area contributed by atoms with Gasteiger partial charge >= 0.3 is 0 Å². The quantitative estimate of drug-likeness (QED) is 0.828. The molecule has 0 aliphatic heterocycles. The van der Waals surface area contributed by atoms with Gasteiger partial charge in [0.2, 0.25) is 0 Å². The Morgan fingerprint density at radius 1 is 1.29 bits per heavy atom. The van der Waals surface area contributed by atoms with Crippen molar-refractivity contribution < 1.29 is 9.63 Å². The van der Waals surface area contributed by atoms with Gasteiger partial charge in [-0.1, -0.05) is 35.0 Å². The van der Waals surface area contributed by atoms with Crippen LogP contribution in [0.25, 0.3) is 11.3 Å². The van der Waals surface area contributed by atoms with E-state index in [9.17, 15) is 0 Å². The maximum atomic E-state index is 8.69. The predicted octanol–water partition coefficient (Wildman–Crippen LogP) is 2.88. The number of hydrogen-bond donors (Lipinski definition) is 1. The minimum absolute atomic E-state index is 0.198. The smallest absolute Gasteiger partial charge is 0.147 e. The van der Waals surface area contributed by atoms with Crippen LogP contribution in [0.15, 0.2) is 34.9 Å². The molecule has 17 heavy (non-hydrogen) atoms. The number of aromatic nitrogens is 1. The van der Waals surface area contributed by atoms with Gasteiger partial charge in [0, 0.05) is 17.4 Å².